The van der Waals surface area contributed by atoms with Gasteiger partial charge in [-0.25, -0.2) is 5.43 Å². The summed E-state index contributed by atoms with van der Waals surface area (Å²) >= 11 is 0. The molecule has 0 radical (unpaired) electrons. The predicted octanol–water partition coefficient (Wildman–Crippen LogP) is 2.01. The largest absolute Gasteiger partial charge is 0.433 e. The third kappa shape index (κ3) is 4.10. The molecule has 0 spiro atoms. The van der Waals surface area contributed by atoms with Gasteiger partial charge < -0.3 is 4.42 Å². The molecule has 0 aromatic carbocycles. The zero-order chi connectivity index (χ0) is 15.1. The summed E-state index contributed by atoms with van der Waals surface area (Å²) in [5, 5.41) is 14.1. The first-order valence-corrected chi connectivity index (χ1v) is 5.81. The van der Waals surface area contributed by atoms with Crippen molar-refractivity contribution in [3.8, 4) is 0 Å². The Morgan fingerprint density at radius 3 is 2.76 bits per heavy atom. The van der Waals surface area contributed by atoms with E-state index in [9.17, 15) is 14.9 Å². The lowest BCUT2D eigenvalue weighted by Crippen LogP contribution is -2.17. The molecule has 2 aromatic rings. The monoisotopic (exact) mass is 286 g/mol. The number of nitrogens with one attached hydrogen (secondary N) is 1. The molecule has 21 heavy (non-hydrogen) atoms. The van der Waals surface area contributed by atoms with Crippen molar-refractivity contribution in [2.45, 2.75) is 0 Å². The van der Waals surface area contributed by atoms with Gasteiger partial charge in [-0.3, -0.25) is 19.9 Å². The Morgan fingerprint density at radius 2 is 2.10 bits per heavy atom. The lowest BCUT2D eigenvalue weighted by atomic mass is 10.3. The Labute approximate surface area is 119 Å². The molecule has 0 aliphatic carbocycles. The van der Waals surface area contributed by atoms with Gasteiger partial charge >= 0.3 is 5.88 Å². The van der Waals surface area contributed by atoms with Crippen LogP contribution in [0.4, 0.5) is 5.88 Å². The lowest BCUT2D eigenvalue weighted by molar-refractivity contribution is -0.402. The maximum absolute atomic E-state index is 11.6. The van der Waals surface area contributed by atoms with Crippen LogP contribution >= 0.6 is 0 Å². The summed E-state index contributed by atoms with van der Waals surface area (Å²) in [6.07, 6.45) is 7.29. The number of hydrogen-bond acceptors (Lipinski definition) is 6. The summed E-state index contributed by atoms with van der Waals surface area (Å²) < 4.78 is 4.90. The van der Waals surface area contributed by atoms with E-state index < -0.39 is 4.92 Å². The van der Waals surface area contributed by atoms with Crippen molar-refractivity contribution < 1.29 is 14.1 Å². The number of carbonyl (C=O) groups excluding carboxylic acids is 1. The number of pyridine rings is 1. The summed E-state index contributed by atoms with van der Waals surface area (Å²) in [6.45, 7) is 0. The van der Waals surface area contributed by atoms with Crippen LogP contribution in [0.15, 0.2) is 52.3 Å². The van der Waals surface area contributed by atoms with E-state index in [0.717, 1.165) is 0 Å². The normalized spacial score (nSPS) is 11.0. The minimum Gasteiger partial charge on any atom is -0.401 e. The van der Waals surface area contributed by atoms with Crippen LogP contribution in [-0.2, 0) is 0 Å². The molecule has 0 aliphatic heterocycles. The number of nitro groups is 1. The first-order valence-electron chi connectivity index (χ1n) is 5.81. The van der Waals surface area contributed by atoms with E-state index in [1.54, 1.807) is 12.1 Å². The molecule has 2 rings (SSSR count). The Kier molecular flexibility index (Phi) is 4.54. The third-order valence-corrected chi connectivity index (χ3v) is 2.32. The second-order valence-electron chi connectivity index (χ2n) is 3.75. The molecule has 0 fully saturated rings. The van der Waals surface area contributed by atoms with E-state index in [2.05, 4.69) is 15.5 Å². The van der Waals surface area contributed by atoms with Crippen LogP contribution < -0.4 is 5.43 Å². The van der Waals surface area contributed by atoms with E-state index in [4.69, 9.17) is 4.42 Å². The fourth-order valence-electron chi connectivity index (χ4n) is 1.37. The van der Waals surface area contributed by atoms with Crippen molar-refractivity contribution in [1.82, 2.24) is 10.4 Å². The van der Waals surface area contributed by atoms with Gasteiger partial charge in [-0.2, -0.15) is 5.10 Å². The van der Waals surface area contributed by atoms with Crippen LogP contribution in [0.2, 0.25) is 0 Å². The van der Waals surface area contributed by atoms with Gasteiger partial charge in [0.1, 0.15) is 10.7 Å². The summed E-state index contributed by atoms with van der Waals surface area (Å²) in [4.78, 5) is 25.2. The average molecular weight is 286 g/mol. The number of nitrogens with zero attached hydrogens (tertiary/aromatic N) is 3. The predicted molar refractivity (Wildman–Crippen MR) is 74.6 cm³/mol. The van der Waals surface area contributed by atoms with Gasteiger partial charge in [0.15, 0.2) is 0 Å². The number of carbonyl (C=O) groups is 1. The van der Waals surface area contributed by atoms with Crippen molar-refractivity contribution in [1.29, 1.82) is 0 Å². The highest BCUT2D eigenvalue weighted by molar-refractivity contribution is 5.94. The quantitative estimate of drug-likeness (QED) is 0.513. The minimum absolute atomic E-state index is 0.314. The van der Waals surface area contributed by atoms with E-state index in [1.807, 2.05) is 0 Å². The summed E-state index contributed by atoms with van der Waals surface area (Å²) in [5.41, 5.74) is 2.76. The number of hydrazone groups is 1. The van der Waals surface area contributed by atoms with E-state index >= 15 is 0 Å². The van der Waals surface area contributed by atoms with Crippen LogP contribution in [0.25, 0.3) is 6.08 Å². The first-order chi connectivity index (χ1) is 10.2. The van der Waals surface area contributed by atoms with Crippen molar-refractivity contribution in [2.24, 2.45) is 5.10 Å². The molecule has 0 bridgehead atoms. The number of hydrogen-bond donors (Lipinski definition) is 1. The van der Waals surface area contributed by atoms with E-state index in [-0.39, 0.29) is 11.8 Å². The SMILES string of the molecule is O=C(NN=CC=Cc1ccc([N+](=O)[O-])o1)c1ccncc1. The van der Waals surface area contributed by atoms with Gasteiger partial charge in [0.05, 0.1) is 6.07 Å². The molecule has 1 amide bonds. The Hall–Kier alpha value is -3.29. The summed E-state index contributed by atoms with van der Waals surface area (Å²) in [7, 11) is 0. The lowest BCUT2D eigenvalue weighted by Gasteiger charge is -1.96. The Morgan fingerprint density at radius 1 is 1.33 bits per heavy atom. The second-order valence-corrected chi connectivity index (χ2v) is 3.75. The highest BCUT2D eigenvalue weighted by Gasteiger charge is 2.09. The number of rotatable bonds is 5. The first kappa shape index (κ1) is 14.1. The second kappa shape index (κ2) is 6.75. The summed E-state index contributed by atoms with van der Waals surface area (Å²) in [6, 6.07) is 5.82. The molecule has 0 aliphatic rings. The highest BCUT2D eigenvalue weighted by atomic mass is 16.6. The van der Waals surface area contributed by atoms with Crippen molar-refractivity contribution in [3.63, 3.8) is 0 Å². The Balaban J connectivity index is 1.86. The van der Waals surface area contributed by atoms with Crippen LogP contribution in [0, 0.1) is 10.1 Å². The van der Waals surface area contributed by atoms with Crippen LogP contribution in [-0.4, -0.2) is 22.0 Å². The molecule has 2 heterocycles. The average Bonchev–Trinajstić information content (AvgIpc) is 2.97. The molecule has 0 saturated carbocycles. The molecule has 0 unspecified atom stereocenters. The standard InChI is InChI=1S/C13H10N4O4/c18-13(10-5-8-14-9-6-10)16-15-7-1-2-11-3-4-12(21-11)17(19)20/h1-9H,(H,16,18). The topological polar surface area (TPSA) is 111 Å². The highest BCUT2D eigenvalue weighted by Crippen LogP contribution is 2.16. The number of aromatic nitrogens is 1. The van der Waals surface area contributed by atoms with Gasteiger partial charge in [-0.1, -0.05) is 0 Å². The van der Waals surface area contributed by atoms with Gasteiger partial charge in [0.25, 0.3) is 5.91 Å². The minimum atomic E-state index is -0.625. The molecule has 0 saturated heterocycles. The molecule has 2 aromatic heterocycles. The van der Waals surface area contributed by atoms with Gasteiger partial charge in [0.2, 0.25) is 0 Å². The van der Waals surface area contributed by atoms with Crippen molar-refractivity contribution in [2.75, 3.05) is 0 Å². The van der Waals surface area contributed by atoms with Crippen LogP contribution in [0.3, 0.4) is 0 Å². The van der Waals surface area contributed by atoms with Gasteiger partial charge in [-0.15, -0.1) is 0 Å². The fraction of sp³-hybridized carbons (Fsp3) is 0. The maximum atomic E-state index is 11.6. The number of furan rings is 1. The van der Waals surface area contributed by atoms with Gasteiger partial charge in [-0.05, 0) is 30.4 Å². The molecule has 106 valence electrons. The van der Waals surface area contributed by atoms with Crippen LogP contribution in [0.5, 0.6) is 0 Å². The fourth-order valence-corrected chi connectivity index (χ4v) is 1.37. The number of allylic oxidation sites excluding steroid dienone is 1. The zero-order valence-electron chi connectivity index (χ0n) is 10.7. The van der Waals surface area contributed by atoms with Gasteiger partial charge in [0, 0.05) is 24.2 Å². The molecular formula is C13H10N4O4. The molecule has 1 N–H and O–H groups in total. The van der Waals surface area contributed by atoms with E-state index in [0.29, 0.717) is 11.3 Å². The molecule has 8 nitrogen and oxygen atoms in total. The molecule has 8 heteroatoms. The number of amides is 1. The molecule has 0 atom stereocenters. The third-order valence-electron chi connectivity index (χ3n) is 2.32. The van der Waals surface area contributed by atoms with Crippen molar-refractivity contribution >= 4 is 24.1 Å². The zero-order valence-corrected chi connectivity index (χ0v) is 10.7. The van der Waals surface area contributed by atoms with Crippen molar-refractivity contribution in [3.05, 3.63) is 64.2 Å². The summed E-state index contributed by atoms with van der Waals surface area (Å²) in [5.74, 6) is -0.387. The maximum Gasteiger partial charge on any atom is 0.433 e. The van der Waals surface area contributed by atoms with E-state index in [1.165, 1.54) is 42.9 Å². The smallest absolute Gasteiger partial charge is 0.401 e. The molecular weight excluding hydrogens is 276 g/mol. The van der Waals surface area contributed by atoms with Crippen LogP contribution in [0.1, 0.15) is 16.1 Å². The Bertz CT molecular complexity index is 691.